The van der Waals surface area contributed by atoms with Gasteiger partial charge >= 0.3 is 11.7 Å². The largest absolute Gasteiger partial charge is 0.463 e. The number of rotatable bonds is 6. The molecular weight excluding hydrogens is 362 g/mol. The Kier molecular flexibility index (Phi) is 6.02. The van der Waals surface area contributed by atoms with Gasteiger partial charge in [0.2, 0.25) is 0 Å². The predicted octanol–water partition coefficient (Wildman–Crippen LogP) is 0.487. The zero-order valence-corrected chi connectivity index (χ0v) is 17.1. The fourth-order valence-electron chi connectivity index (χ4n) is 3.94. The maximum absolute atomic E-state index is 12.7. The Labute approximate surface area is 163 Å². The maximum Gasteiger partial charge on any atom is 0.332 e. The molecule has 0 aromatic carbocycles. The van der Waals surface area contributed by atoms with Crippen LogP contribution in [0.5, 0.6) is 0 Å². The van der Waals surface area contributed by atoms with Crippen LogP contribution in [-0.2, 0) is 30.2 Å². The van der Waals surface area contributed by atoms with Gasteiger partial charge in [-0.3, -0.25) is 23.6 Å². The number of fused-ring (bicyclic) bond motifs is 1. The maximum atomic E-state index is 12.7. The van der Waals surface area contributed by atoms with E-state index in [1.165, 1.54) is 24.4 Å². The highest BCUT2D eigenvalue weighted by Gasteiger charge is 2.31. The lowest BCUT2D eigenvalue weighted by atomic mass is 9.99. The first kappa shape index (κ1) is 20.3. The summed E-state index contributed by atoms with van der Waals surface area (Å²) in [4.78, 5) is 43.6. The molecule has 1 atom stereocenters. The monoisotopic (exact) mass is 391 g/mol. The molecule has 1 fully saturated rings. The second-order valence-corrected chi connectivity index (χ2v) is 7.77. The van der Waals surface area contributed by atoms with E-state index < -0.39 is 11.2 Å². The van der Waals surface area contributed by atoms with Crippen LogP contribution in [0.3, 0.4) is 0 Å². The number of hydrogen-bond acceptors (Lipinski definition) is 6. The lowest BCUT2D eigenvalue weighted by Crippen LogP contribution is -2.48. The molecule has 0 spiro atoms. The number of piperidine rings is 1. The molecule has 9 nitrogen and oxygen atoms in total. The van der Waals surface area contributed by atoms with E-state index in [9.17, 15) is 14.4 Å². The van der Waals surface area contributed by atoms with Gasteiger partial charge in [-0.15, -0.1) is 0 Å². The van der Waals surface area contributed by atoms with Crippen LogP contribution >= 0.6 is 0 Å². The number of likely N-dealkylation sites (tertiary alicyclic amines) is 1. The molecule has 3 heterocycles. The summed E-state index contributed by atoms with van der Waals surface area (Å²) in [7, 11) is 3.01. The average molecular weight is 391 g/mol. The van der Waals surface area contributed by atoms with Gasteiger partial charge in [-0.1, -0.05) is 20.3 Å². The van der Waals surface area contributed by atoms with E-state index in [2.05, 4.69) is 9.88 Å². The van der Waals surface area contributed by atoms with Crippen molar-refractivity contribution in [2.75, 3.05) is 19.7 Å². The lowest BCUT2D eigenvalue weighted by Gasteiger charge is -2.35. The normalized spacial score (nSPS) is 16.6. The molecular formula is C19H29N5O4. The van der Waals surface area contributed by atoms with Crippen LogP contribution in [0.1, 0.15) is 33.1 Å². The third kappa shape index (κ3) is 3.76. The Hall–Kier alpha value is -2.42. The van der Waals surface area contributed by atoms with Crippen molar-refractivity contribution in [3.63, 3.8) is 0 Å². The number of aromatic nitrogens is 4. The summed E-state index contributed by atoms with van der Waals surface area (Å²) in [5, 5.41) is 0. The highest BCUT2D eigenvalue weighted by atomic mass is 16.5. The average Bonchev–Trinajstić information content (AvgIpc) is 3.09. The zero-order chi connectivity index (χ0) is 20.4. The molecule has 1 saturated heterocycles. The van der Waals surface area contributed by atoms with Crippen LogP contribution in [-0.4, -0.2) is 55.3 Å². The minimum Gasteiger partial charge on any atom is -0.463 e. The Morgan fingerprint density at radius 2 is 1.82 bits per heavy atom. The van der Waals surface area contributed by atoms with Gasteiger partial charge in [-0.05, 0) is 31.8 Å². The number of hydrogen-bond donors (Lipinski definition) is 0. The topological polar surface area (TPSA) is 91.4 Å². The van der Waals surface area contributed by atoms with Crippen molar-refractivity contribution in [3.05, 3.63) is 27.2 Å². The minimum atomic E-state index is -0.421. The molecule has 28 heavy (non-hydrogen) atoms. The Balaban J connectivity index is 1.71. The van der Waals surface area contributed by atoms with Gasteiger partial charge in [0.15, 0.2) is 11.2 Å². The van der Waals surface area contributed by atoms with E-state index in [1.807, 2.05) is 13.8 Å². The first-order valence-corrected chi connectivity index (χ1v) is 9.84. The van der Waals surface area contributed by atoms with E-state index in [-0.39, 0.29) is 24.5 Å². The molecule has 0 saturated carbocycles. The number of ether oxygens (including phenoxy) is 1. The number of esters is 1. The zero-order valence-electron chi connectivity index (χ0n) is 17.1. The van der Waals surface area contributed by atoms with Crippen molar-refractivity contribution in [2.24, 2.45) is 20.0 Å². The predicted molar refractivity (Wildman–Crippen MR) is 105 cm³/mol. The van der Waals surface area contributed by atoms with Gasteiger partial charge in [0.25, 0.3) is 5.56 Å². The standard InChI is InChI=1S/C19H29N5O4/c1-13(2)14(23-8-6-5-7-9-23)18(26)28-11-10-24-12-20-16-15(24)17(25)22(4)19(27)21(16)3/h12-14H,5-11H2,1-4H3/t14-/m0/s1. The number of carbonyl (C=O) groups is 1. The third-order valence-corrected chi connectivity index (χ3v) is 5.45. The summed E-state index contributed by atoms with van der Waals surface area (Å²) in [6, 6.07) is -0.242. The third-order valence-electron chi connectivity index (χ3n) is 5.45. The van der Waals surface area contributed by atoms with Crippen LogP contribution in [0.15, 0.2) is 15.9 Å². The fourth-order valence-corrected chi connectivity index (χ4v) is 3.94. The Bertz CT molecular complexity index is 965. The minimum absolute atomic E-state index is 0.146. The quantitative estimate of drug-likeness (QED) is 0.666. The summed E-state index contributed by atoms with van der Waals surface area (Å²) in [5.74, 6) is -0.0527. The molecule has 0 unspecified atom stereocenters. The molecule has 3 rings (SSSR count). The van der Waals surface area contributed by atoms with Gasteiger partial charge in [0, 0.05) is 14.1 Å². The highest BCUT2D eigenvalue weighted by molar-refractivity contribution is 5.76. The molecule has 0 amide bonds. The number of nitrogens with zero attached hydrogens (tertiary/aromatic N) is 5. The van der Waals surface area contributed by atoms with Crippen LogP contribution in [0.4, 0.5) is 0 Å². The first-order valence-electron chi connectivity index (χ1n) is 9.84. The summed E-state index contributed by atoms with van der Waals surface area (Å²) in [6.45, 7) is 6.37. The number of carbonyl (C=O) groups excluding carboxylic acids is 1. The smallest absolute Gasteiger partial charge is 0.332 e. The van der Waals surface area contributed by atoms with E-state index in [0.717, 1.165) is 30.5 Å². The van der Waals surface area contributed by atoms with E-state index in [1.54, 1.807) is 11.6 Å². The van der Waals surface area contributed by atoms with Crippen LogP contribution in [0.25, 0.3) is 11.2 Å². The summed E-state index contributed by atoms with van der Waals surface area (Å²) < 4.78 is 9.58. The van der Waals surface area contributed by atoms with Gasteiger partial charge in [0.1, 0.15) is 12.6 Å². The molecule has 0 N–H and O–H groups in total. The second kappa shape index (κ2) is 8.30. The molecule has 0 aliphatic carbocycles. The molecule has 2 aromatic rings. The number of imidazole rings is 1. The molecule has 1 aliphatic rings. The molecule has 2 aromatic heterocycles. The van der Waals surface area contributed by atoms with Gasteiger partial charge in [0.05, 0.1) is 12.9 Å². The summed E-state index contributed by atoms with van der Waals surface area (Å²) in [6.07, 6.45) is 4.94. The lowest BCUT2D eigenvalue weighted by molar-refractivity contribution is -0.152. The Morgan fingerprint density at radius 3 is 2.46 bits per heavy atom. The molecule has 0 radical (unpaired) electrons. The van der Waals surface area contributed by atoms with Crippen molar-refractivity contribution in [1.29, 1.82) is 0 Å². The highest BCUT2D eigenvalue weighted by Crippen LogP contribution is 2.19. The van der Waals surface area contributed by atoms with Gasteiger partial charge in [-0.2, -0.15) is 0 Å². The molecule has 154 valence electrons. The summed E-state index contributed by atoms with van der Waals surface area (Å²) in [5.41, 5.74) is -0.171. The SMILES string of the molecule is CC(C)[C@@H](C(=O)OCCn1cnc2c1c(=O)n(C)c(=O)n2C)N1CCCCC1. The first-order chi connectivity index (χ1) is 13.3. The summed E-state index contributed by atoms with van der Waals surface area (Å²) >= 11 is 0. The molecule has 1 aliphatic heterocycles. The van der Waals surface area contributed by atoms with Gasteiger partial charge in [-0.25, -0.2) is 9.78 Å². The number of aryl methyl sites for hydroxylation is 1. The van der Waals surface area contributed by atoms with Crippen LogP contribution < -0.4 is 11.2 Å². The second-order valence-electron chi connectivity index (χ2n) is 7.77. The van der Waals surface area contributed by atoms with E-state index >= 15 is 0 Å². The van der Waals surface area contributed by atoms with Crippen LogP contribution in [0, 0.1) is 5.92 Å². The van der Waals surface area contributed by atoms with Crippen molar-refractivity contribution in [2.45, 2.75) is 45.7 Å². The van der Waals surface area contributed by atoms with Crippen molar-refractivity contribution >= 4 is 17.1 Å². The van der Waals surface area contributed by atoms with Crippen molar-refractivity contribution in [3.8, 4) is 0 Å². The molecule has 9 heteroatoms. The Morgan fingerprint density at radius 1 is 1.14 bits per heavy atom. The van der Waals surface area contributed by atoms with Gasteiger partial charge < -0.3 is 9.30 Å². The van der Waals surface area contributed by atoms with Crippen LogP contribution in [0.2, 0.25) is 0 Å². The van der Waals surface area contributed by atoms with Crippen molar-refractivity contribution in [1.82, 2.24) is 23.6 Å². The fraction of sp³-hybridized carbons (Fsp3) is 0.684. The van der Waals surface area contributed by atoms with Crippen molar-refractivity contribution < 1.29 is 9.53 Å². The van der Waals surface area contributed by atoms with E-state index in [4.69, 9.17) is 4.74 Å². The van der Waals surface area contributed by atoms with E-state index in [0.29, 0.717) is 17.7 Å². The molecule has 0 bridgehead atoms.